The quantitative estimate of drug-likeness (QED) is 0.0199. The molecule has 0 fully saturated rings. The van der Waals surface area contributed by atoms with Gasteiger partial charge in [0, 0.05) is 31.6 Å². The van der Waals surface area contributed by atoms with E-state index in [1.54, 1.807) is 0 Å². The second-order valence-corrected chi connectivity index (χ2v) is 27.5. The van der Waals surface area contributed by atoms with Crippen molar-refractivity contribution in [3.05, 3.63) is 287 Å². The first-order chi connectivity index (χ1) is 47.7. The molecule has 0 N–H and O–H groups in total. The SMILES string of the molecule is CCCC(OP(=O)(CC(CCC(=O)OCc1ccccc1)C(=O)OCc1ccccc1)CC(CCC(=O)OCc1ccccc1)C(=O)OCc1ccccc1)c1ccccc1.CCC[C@@H](O[P+](=O)CC(CCC(=O)OCc1ccccc1)C(=O)OCc1ccccc1)c1ccccc1. The Hall–Kier alpha value is -9.17. The molecule has 8 aromatic rings. The second kappa shape index (κ2) is 43.2. The number of hydrogen-bond donors (Lipinski definition) is 0. The summed E-state index contributed by atoms with van der Waals surface area (Å²) in [4.78, 5) is 79.6. The highest BCUT2D eigenvalue weighted by atomic mass is 31.2. The summed E-state index contributed by atoms with van der Waals surface area (Å²) in [6, 6.07) is 74.5. The fraction of sp³-hybridized carbons (Fsp3) is 0.325. The number of hydrogen-bond acceptors (Lipinski definition) is 16. The standard InChI is InChI=1S/C50H55O10P.C30H34O6P/c1-2-18-46(43-27-16-7-17-28-43)60-61(55,37-44(49(53)58-35-41-23-12-5-13-24-41)29-31-47(51)56-33-39-19-8-3-9-20-39)38-45(50(54)59-36-42-25-14-6-15-26-42)30-32-48(52)57-34-40-21-10-4-11-22-40;1-2-12-28(26-17-10-5-11-18-26)36-37(33)23-27(30(32)35-22-25-15-8-4-9-16-25)19-20-29(31)34-21-24-13-6-3-7-14-24/h3-17,19-28,44-46H,2,18,29-38H2,1H3;3-11,13-18,27-28H,2,12,19-23H2,1H3/q;+1/t;27?,28-/m.1/s1. The van der Waals surface area contributed by atoms with Crippen molar-refractivity contribution in [3.63, 3.8) is 0 Å². The molecular formula is C80H89O16P2+. The average molecular weight is 1370 g/mol. The zero-order valence-corrected chi connectivity index (χ0v) is 57.6. The minimum Gasteiger partial charge on any atom is -0.461 e. The lowest BCUT2D eigenvalue weighted by Crippen LogP contribution is -2.28. The largest absolute Gasteiger partial charge is 0.509 e. The molecule has 8 rings (SSSR count). The van der Waals surface area contributed by atoms with Crippen LogP contribution in [0.25, 0.3) is 0 Å². The molecule has 18 heteroatoms. The van der Waals surface area contributed by atoms with Crippen molar-refractivity contribution in [1.82, 2.24) is 0 Å². The van der Waals surface area contributed by atoms with Crippen LogP contribution in [0.1, 0.15) is 135 Å². The van der Waals surface area contributed by atoms with Crippen LogP contribution in [0.5, 0.6) is 0 Å². The van der Waals surface area contributed by atoms with Gasteiger partial charge in [0.1, 0.15) is 51.7 Å². The summed E-state index contributed by atoms with van der Waals surface area (Å²) < 4.78 is 74.9. The predicted molar refractivity (Wildman–Crippen MR) is 376 cm³/mol. The molecule has 0 aliphatic heterocycles. The molecule has 0 heterocycles. The van der Waals surface area contributed by atoms with E-state index in [0.29, 0.717) is 19.3 Å². The summed E-state index contributed by atoms with van der Waals surface area (Å²) in [5.74, 6) is -6.23. The van der Waals surface area contributed by atoms with Crippen LogP contribution in [0, 0.1) is 17.8 Å². The third-order valence-corrected chi connectivity index (χ3v) is 19.7. The van der Waals surface area contributed by atoms with Crippen LogP contribution < -0.4 is 0 Å². The third kappa shape index (κ3) is 28.9. The summed E-state index contributed by atoms with van der Waals surface area (Å²) in [7, 11) is -6.20. The Balaban J connectivity index is 0.000000311. The molecule has 0 aliphatic carbocycles. The maximum absolute atomic E-state index is 15.7. The Bertz CT molecular complexity index is 3560. The van der Waals surface area contributed by atoms with E-state index in [1.165, 1.54) is 0 Å². The van der Waals surface area contributed by atoms with E-state index in [0.717, 1.165) is 50.9 Å². The van der Waals surface area contributed by atoms with Crippen LogP contribution in [-0.4, -0.2) is 54.3 Å². The average Bonchev–Trinajstić information content (AvgIpc) is 0.834. The lowest BCUT2D eigenvalue weighted by molar-refractivity contribution is -0.152. The van der Waals surface area contributed by atoms with Crippen LogP contribution >= 0.6 is 15.4 Å². The molecule has 0 spiro atoms. The smallest absolute Gasteiger partial charge is 0.461 e. The molecule has 514 valence electrons. The van der Waals surface area contributed by atoms with Crippen LogP contribution in [0.2, 0.25) is 0 Å². The van der Waals surface area contributed by atoms with E-state index in [1.807, 2.05) is 257 Å². The Morgan fingerprint density at radius 1 is 0.337 bits per heavy atom. The van der Waals surface area contributed by atoms with Gasteiger partial charge in [0.25, 0.3) is 0 Å². The molecule has 0 amide bonds. The molecule has 8 aromatic carbocycles. The summed E-state index contributed by atoms with van der Waals surface area (Å²) in [6.45, 7) is 4.33. The summed E-state index contributed by atoms with van der Waals surface area (Å²) in [5.41, 5.74) is 6.59. The first-order valence-corrected chi connectivity index (χ1v) is 36.8. The molecule has 16 nitrogen and oxygen atoms in total. The fourth-order valence-electron chi connectivity index (χ4n) is 10.5. The molecule has 0 bridgehead atoms. The first-order valence-electron chi connectivity index (χ1n) is 33.4. The van der Waals surface area contributed by atoms with Gasteiger partial charge in [0.2, 0.25) is 7.37 Å². The number of esters is 6. The van der Waals surface area contributed by atoms with Gasteiger partial charge in [-0.25, -0.2) is 0 Å². The third-order valence-electron chi connectivity index (χ3n) is 15.9. The highest BCUT2D eigenvalue weighted by molar-refractivity contribution is 7.59. The van der Waals surface area contributed by atoms with Crippen molar-refractivity contribution in [2.24, 2.45) is 17.8 Å². The number of carbonyl (C=O) groups excluding carboxylic acids is 6. The molecule has 0 aromatic heterocycles. The van der Waals surface area contributed by atoms with Crippen molar-refractivity contribution in [3.8, 4) is 0 Å². The molecule has 5 unspecified atom stereocenters. The Kier molecular flexibility index (Phi) is 33.6. The monoisotopic (exact) mass is 1370 g/mol. The molecule has 0 radical (unpaired) electrons. The Labute approximate surface area is 577 Å². The normalized spacial score (nSPS) is 13.2. The molecule has 0 aliphatic rings. The maximum atomic E-state index is 15.7. The number of rotatable bonds is 40. The van der Waals surface area contributed by atoms with E-state index in [9.17, 15) is 33.3 Å². The minimum absolute atomic E-state index is 0.0121. The van der Waals surface area contributed by atoms with Gasteiger partial charge in [-0.2, -0.15) is 0 Å². The van der Waals surface area contributed by atoms with E-state index in [2.05, 4.69) is 0 Å². The van der Waals surface area contributed by atoms with Gasteiger partial charge in [-0.15, -0.1) is 4.52 Å². The summed E-state index contributed by atoms with van der Waals surface area (Å²) >= 11 is 0. The Morgan fingerprint density at radius 3 is 0.898 bits per heavy atom. The van der Waals surface area contributed by atoms with Crippen molar-refractivity contribution in [2.45, 2.75) is 130 Å². The predicted octanol–water partition coefficient (Wildman–Crippen LogP) is 17.8. The summed E-state index contributed by atoms with van der Waals surface area (Å²) in [6.07, 6.45) is 0.839. The fourth-order valence-corrected chi connectivity index (χ4v) is 14.9. The lowest BCUT2D eigenvalue weighted by Gasteiger charge is -2.30. The van der Waals surface area contributed by atoms with Crippen LogP contribution in [-0.2, 0) is 115 Å². The molecule has 6 atom stereocenters. The van der Waals surface area contributed by atoms with Gasteiger partial charge in [0.05, 0.1) is 17.9 Å². The first kappa shape index (κ1) is 76.2. The highest BCUT2D eigenvalue weighted by Crippen LogP contribution is 2.56. The molecule has 0 saturated carbocycles. The van der Waals surface area contributed by atoms with Crippen LogP contribution in [0.15, 0.2) is 243 Å². The van der Waals surface area contributed by atoms with Gasteiger partial charge in [-0.1, -0.05) is 269 Å². The summed E-state index contributed by atoms with van der Waals surface area (Å²) in [5, 5.41) is 0. The number of ether oxygens (including phenoxy) is 6. The zero-order chi connectivity index (χ0) is 69.4. The van der Waals surface area contributed by atoms with Gasteiger partial charge < -0.3 is 32.9 Å². The zero-order valence-electron chi connectivity index (χ0n) is 55.8. The number of benzene rings is 8. The minimum atomic E-state index is -4.03. The van der Waals surface area contributed by atoms with E-state index >= 15 is 4.57 Å². The topological polar surface area (TPSA) is 210 Å². The van der Waals surface area contributed by atoms with Gasteiger partial charge in [0.15, 0.2) is 6.16 Å². The number of carbonyl (C=O) groups is 6. The van der Waals surface area contributed by atoms with Gasteiger partial charge in [-0.3, -0.25) is 33.3 Å². The lowest BCUT2D eigenvalue weighted by atomic mass is 10.1. The molecule has 0 saturated heterocycles. The van der Waals surface area contributed by atoms with Crippen molar-refractivity contribution in [1.29, 1.82) is 0 Å². The second-order valence-electron chi connectivity index (χ2n) is 23.7. The van der Waals surface area contributed by atoms with Crippen molar-refractivity contribution < 1.29 is 75.4 Å². The van der Waals surface area contributed by atoms with Crippen molar-refractivity contribution in [2.75, 3.05) is 18.5 Å². The Morgan fingerprint density at radius 2 is 0.592 bits per heavy atom. The molecular weight excluding hydrogens is 1280 g/mol. The van der Waals surface area contributed by atoms with Crippen molar-refractivity contribution >= 4 is 51.2 Å². The van der Waals surface area contributed by atoms with Crippen LogP contribution in [0.4, 0.5) is 0 Å². The van der Waals surface area contributed by atoms with Crippen LogP contribution in [0.3, 0.4) is 0 Å². The molecule has 98 heavy (non-hydrogen) atoms. The van der Waals surface area contributed by atoms with E-state index in [4.69, 9.17) is 37.5 Å². The van der Waals surface area contributed by atoms with Gasteiger partial charge >= 0.3 is 43.8 Å². The maximum Gasteiger partial charge on any atom is 0.509 e. The van der Waals surface area contributed by atoms with E-state index < -0.39 is 75.1 Å². The van der Waals surface area contributed by atoms with E-state index in [-0.39, 0.29) is 103 Å². The highest BCUT2D eigenvalue weighted by Gasteiger charge is 2.40. The van der Waals surface area contributed by atoms with Gasteiger partial charge in [-0.05, 0) is 81.2 Å².